The molecule has 0 N–H and O–H groups in total. The molecule has 0 aliphatic heterocycles. The van der Waals surface area contributed by atoms with E-state index in [-0.39, 0.29) is 11.4 Å². The fraction of sp³-hybridized carbons (Fsp3) is 0. The molecule has 0 bridgehead atoms. The molecule has 0 atom stereocenters. The van der Waals surface area contributed by atoms with E-state index in [9.17, 15) is 14.9 Å². The predicted molar refractivity (Wildman–Crippen MR) is 52.6 cm³/mol. The van der Waals surface area contributed by atoms with Crippen LogP contribution < -0.4 is 4.74 Å². The Morgan fingerprint density at radius 2 is 2.00 bits per heavy atom. The van der Waals surface area contributed by atoms with Gasteiger partial charge in [0.15, 0.2) is 0 Å². The van der Waals surface area contributed by atoms with Crippen molar-refractivity contribution in [3.8, 4) is 5.75 Å². The van der Waals surface area contributed by atoms with Gasteiger partial charge in [0.25, 0.3) is 5.69 Å². The topological polar surface area (TPSA) is 69.4 Å². The lowest BCUT2D eigenvalue weighted by atomic mass is 10.3. The van der Waals surface area contributed by atoms with Gasteiger partial charge in [-0.2, -0.15) is 0 Å². The van der Waals surface area contributed by atoms with Crippen molar-refractivity contribution in [2.75, 3.05) is 0 Å². The van der Waals surface area contributed by atoms with Crippen LogP contribution in [0.3, 0.4) is 0 Å². The summed E-state index contributed by atoms with van der Waals surface area (Å²) in [5.41, 5.74) is -0.0664. The third kappa shape index (κ3) is 2.90. The van der Waals surface area contributed by atoms with Crippen molar-refractivity contribution < 1.29 is 14.5 Å². The first-order valence-electron chi connectivity index (χ1n) is 3.38. The SMILES string of the molecule is O=C(Oc1ccc([N+](=O)[O-])cc1)SCl. The fourth-order valence-corrected chi connectivity index (χ4v) is 0.970. The number of carbonyl (C=O) groups is 1. The molecule has 14 heavy (non-hydrogen) atoms. The predicted octanol–water partition coefficient (Wildman–Crippen LogP) is 2.98. The normalized spacial score (nSPS) is 9.50. The molecule has 0 saturated carbocycles. The van der Waals surface area contributed by atoms with Crippen molar-refractivity contribution in [3.63, 3.8) is 0 Å². The van der Waals surface area contributed by atoms with E-state index in [2.05, 4.69) is 4.74 Å². The molecule has 0 radical (unpaired) electrons. The Kier molecular flexibility index (Phi) is 3.73. The van der Waals surface area contributed by atoms with Crippen LogP contribution in [0.2, 0.25) is 0 Å². The molecule has 0 amide bonds. The molecular weight excluding hydrogens is 230 g/mol. The summed E-state index contributed by atoms with van der Waals surface area (Å²) in [7, 11) is 5.52. The molecular formula is C7H4ClNO4S. The molecule has 0 fully saturated rings. The number of non-ortho nitro benzene ring substituents is 1. The third-order valence-electron chi connectivity index (χ3n) is 1.31. The average molecular weight is 234 g/mol. The molecule has 7 heteroatoms. The number of carbonyl (C=O) groups excluding carboxylic acids is 1. The molecule has 0 spiro atoms. The average Bonchev–Trinajstić information content (AvgIpc) is 2.18. The summed E-state index contributed by atoms with van der Waals surface area (Å²) in [5, 5.41) is 9.58. The quantitative estimate of drug-likeness (QED) is 0.446. The second kappa shape index (κ2) is 4.83. The molecule has 0 aliphatic rings. The van der Waals surface area contributed by atoms with Crippen molar-refractivity contribution in [2.45, 2.75) is 0 Å². The molecule has 0 aliphatic carbocycles. The largest absolute Gasteiger partial charge is 0.418 e. The Morgan fingerprint density at radius 1 is 1.43 bits per heavy atom. The van der Waals surface area contributed by atoms with Gasteiger partial charge in [-0.05, 0) is 22.8 Å². The van der Waals surface area contributed by atoms with E-state index in [1.807, 2.05) is 0 Å². The molecule has 0 aromatic heterocycles. The minimum atomic E-state index is -0.680. The Hall–Kier alpha value is -1.27. The van der Waals surface area contributed by atoms with Gasteiger partial charge in [0, 0.05) is 12.1 Å². The van der Waals surface area contributed by atoms with Crippen LogP contribution in [0.25, 0.3) is 0 Å². The minimum absolute atomic E-state index is 0.0664. The van der Waals surface area contributed by atoms with Crippen LogP contribution in [0.1, 0.15) is 0 Å². The number of benzene rings is 1. The Bertz CT molecular complexity index is 353. The molecule has 5 nitrogen and oxygen atoms in total. The number of nitrogens with zero attached hydrogens (tertiary/aromatic N) is 1. The van der Waals surface area contributed by atoms with Crippen molar-refractivity contribution >= 4 is 32.6 Å². The second-order valence-corrected chi connectivity index (χ2v) is 3.13. The fourth-order valence-electron chi connectivity index (χ4n) is 0.748. The van der Waals surface area contributed by atoms with E-state index in [1.165, 1.54) is 24.3 Å². The van der Waals surface area contributed by atoms with E-state index < -0.39 is 10.2 Å². The van der Waals surface area contributed by atoms with Crippen LogP contribution in [-0.2, 0) is 0 Å². The number of rotatable bonds is 2. The minimum Gasteiger partial charge on any atom is -0.418 e. The smallest absolute Gasteiger partial charge is 0.388 e. The number of ether oxygens (including phenoxy) is 1. The summed E-state index contributed by atoms with van der Waals surface area (Å²) in [5.74, 6) is 0.216. The van der Waals surface area contributed by atoms with Gasteiger partial charge in [0.05, 0.1) is 15.9 Å². The third-order valence-corrected chi connectivity index (χ3v) is 1.90. The number of nitro benzene ring substituents is 1. The first-order chi connectivity index (χ1) is 6.63. The van der Waals surface area contributed by atoms with Crippen molar-refractivity contribution in [2.24, 2.45) is 0 Å². The highest BCUT2D eigenvalue weighted by atomic mass is 35.7. The van der Waals surface area contributed by atoms with Gasteiger partial charge in [-0.3, -0.25) is 10.1 Å². The van der Waals surface area contributed by atoms with Crippen molar-refractivity contribution in [3.05, 3.63) is 34.4 Å². The van der Waals surface area contributed by atoms with E-state index in [1.54, 1.807) is 0 Å². The summed E-state index contributed by atoms with van der Waals surface area (Å²) in [6.07, 6.45) is 0. The van der Waals surface area contributed by atoms with E-state index in [0.29, 0.717) is 11.0 Å². The van der Waals surface area contributed by atoms with Crippen LogP contribution in [-0.4, -0.2) is 10.2 Å². The Labute approximate surface area is 87.7 Å². The van der Waals surface area contributed by atoms with Gasteiger partial charge < -0.3 is 4.74 Å². The van der Waals surface area contributed by atoms with Gasteiger partial charge in [-0.25, -0.2) is 4.79 Å². The molecule has 74 valence electrons. The molecule has 1 aromatic carbocycles. The monoisotopic (exact) mass is 233 g/mol. The van der Waals surface area contributed by atoms with Crippen molar-refractivity contribution in [1.29, 1.82) is 0 Å². The van der Waals surface area contributed by atoms with Crippen LogP contribution in [0.4, 0.5) is 10.5 Å². The summed E-state index contributed by atoms with van der Waals surface area (Å²) in [4.78, 5) is 20.4. The molecule has 1 aromatic rings. The van der Waals surface area contributed by atoms with Gasteiger partial charge >= 0.3 is 5.30 Å². The van der Waals surface area contributed by atoms with Crippen LogP contribution >= 0.6 is 21.7 Å². The van der Waals surface area contributed by atoms with Crippen LogP contribution in [0.15, 0.2) is 24.3 Å². The zero-order valence-electron chi connectivity index (χ0n) is 6.68. The van der Waals surface area contributed by atoms with E-state index in [4.69, 9.17) is 10.7 Å². The highest BCUT2D eigenvalue weighted by Crippen LogP contribution is 2.20. The van der Waals surface area contributed by atoms with Crippen molar-refractivity contribution in [1.82, 2.24) is 0 Å². The van der Waals surface area contributed by atoms with Gasteiger partial charge in [-0.15, -0.1) is 0 Å². The Morgan fingerprint density at radius 3 is 2.43 bits per heavy atom. The highest BCUT2D eigenvalue weighted by molar-refractivity contribution is 8.32. The van der Waals surface area contributed by atoms with E-state index in [0.717, 1.165) is 0 Å². The maximum absolute atomic E-state index is 10.7. The van der Waals surface area contributed by atoms with Crippen LogP contribution in [0.5, 0.6) is 5.75 Å². The Balaban J connectivity index is 2.73. The van der Waals surface area contributed by atoms with Gasteiger partial charge in [-0.1, -0.05) is 0 Å². The standard InChI is InChI=1S/C7H4ClNO4S/c8-14-7(10)13-6-3-1-5(2-4-6)9(11)12/h1-4H. The summed E-state index contributed by atoms with van der Waals surface area (Å²) >= 11 is 0. The number of hydrogen-bond acceptors (Lipinski definition) is 5. The summed E-state index contributed by atoms with van der Waals surface area (Å²) in [6.45, 7) is 0. The molecule has 1 rings (SSSR count). The highest BCUT2D eigenvalue weighted by Gasteiger charge is 2.07. The van der Waals surface area contributed by atoms with Gasteiger partial charge in [0.2, 0.25) is 0 Å². The summed E-state index contributed by atoms with van der Waals surface area (Å²) < 4.78 is 4.67. The lowest BCUT2D eigenvalue weighted by Gasteiger charge is -1.99. The van der Waals surface area contributed by atoms with Crippen LogP contribution in [0, 0.1) is 10.1 Å². The molecule has 0 unspecified atom stereocenters. The number of hydrogen-bond donors (Lipinski definition) is 0. The first-order valence-corrected chi connectivity index (χ1v) is 5.02. The summed E-state index contributed by atoms with van der Waals surface area (Å²) in [6, 6.07) is 5.12. The van der Waals surface area contributed by atoms with Gasteiger partial charge in [0.1, 0.15) is 5.75 Å². The molecule has 0 saturated heterocycles. The van der Waals surface area contributed by atoms with E-state index >= 15 is 0 Å². The maximum atomic E-state index is 10.7. The lowest BCUT2D eigenvalue weighted by molar-refractivity contribution is -0.384. The zero-order valence-corrected chi connectivity index (χ0v) is 8.25. The number of nitro groups is 1. The lowest BCUT2D eigenvalue weighted by Crippen LogP contribution is -1.98. The zero-order chi connectivity index (χ0) is 10.6. The maximum Gasteiger partial charge on any atom is 0.388 e. The number of halogens is 1. The molecule has 0 heterocycles. The first kappa shape index (κ1) is 10.8. The second-order valence-electron chi connectivity index (χ2n) is 2.18.